The highest BCUT2D eigenvalue weighted by Crippen LogP contribution is 2.40. The summed E-state index contributed by atoms with van der Waals surface area (Å²) in [7, 11) is 0. The van der Waals surface area contributed by atoms with E-state index in [1.54, 1.807) is 6.20 Å². The molecule has 0 N–H and O–H groups in total. The SMILES string of the molecule is O=CCCN1CCC2(CCc3cc(-c4cccnc4)ccc3O2)CC1. The van der Waals surface area contributed by atoms with Crippen LogP contribution in [0.25, 0.3) is 11.1 Å². The van der Waals surface area contributed by atoms with Crippen molar-refractivity contribution in [2.45, 2.75) is 37.7 Å². The first-order valence-corrected chi connectivity index (χ1v) is 9.16. The van der Waals surface area contributed by atoms with E-state index >= 15 is 0 Å². The van der Waals surface area contributed by atoms with Crippen LogP contribution in [0.3, 0.4) is 0 Å². The van der Waals surface area contributed by atoms with Crippen molar-refractivity contribution in [3.63, 3.8) is 0 Å². The van der Waals surface area contributed by atoms with Crippen LogP contribution in [0, 0.1) is 0 Å². The summed E-state index contributed by atoms with van der Waals surface area (Å²) in [4.78, 5) is 17.1. The van der Waals surface area contributed by atoms with Gasteiger partial charge in [0.2, 0.25) is 0 Å². The number of hydrogen-bond donors (Lipinski definition) is 0. The molecule has 3 heterocycles. The van der Waals surface area contributed by atoms with Gasteiger partial charge in [-0.25, -0.2) is 0 Å². The fourth-order valence-electron chi connectivity index (χ4n) is 4.01. The minimum atomic E-state index is -0.0134. The Labute approximate surface area is 148 Å². The summed E-state index contributed by atoms with van der Waals surface area (Å²) in [6.07, 6.45) is 9.60. The number of piperidine rings is 1. The molecular formula is C21H24N2O2. The number of hydrogen-bond acceptors (Lipinski definition) is 4. The first-order valence-electron chi connectivity index (χ1n) is 9.16. The van der Waals surface area contributed by atoms with E-state index in [1.807, 2.05) is 12.3 Å². The summed E-state index contributed by atoms with van der Waals surface area (Å²) in [6, 6.07) is 10.6. The molecule has 4 nitrogen and oxygen atoms in total. The van der Waals surface area contributed by atoms with Gasteiger partial charge in [0.1, 0.15) is 17.6 Å². The Hall–Kier alpha value is -2.20. The van der Waals surface area contributed by atoms with Crippen LogP contribution in [0.4, 0.5) is 0 Å². The number of fused-ring (bicyclic) bond motifs is 1. The number of aldehydes is 1. The zero-order valence-electron chi connectivity index (χ0n) is 14.5. The van der Waals surface area contributed by atoms with Crippen LogP contribution in [0.5, 0.6) is 5.75 Å². The Morgan fingerprint density at radius 3 is 2.80 bits per heavy atom. The fourth-order valence-corrected chi connectivity index (χ4v) is 4.01. The van der Waals surface area contributed by atoms with Crippen molar-refractivity contribution >= 4 is 6.29 Å². The molecular weight excluding hydrogens is 312 g/mol. The summed E-state index contributed by atoms with van der Waals surface area (Å²) < 4.78 is 6.49. The van der Waals surface area contributed by atoms with Gasteiger partial charge in [0.15, 0.2) is 0 Å². The Kier molecular flexibility index (Phi) is 4.53. The molecule has 2 aromatic rings. The number of benzene rings is 1. The molecule has 0 unspecified atom stereocenters. The third-order valence-electron chi connectivity index (χ3n) is 5.56. The molecule has 1 aromatic carbocycles. The second-order valence-electron chi connectivity index (χ2n) is 7.15. The molecule has 2 aliphatic heterocycles. The molecule has 130 valence electrons. The number of aromatic nitrogens is 1. The van der Waals surface area contributed by atoms with Gasteiger partial charge in [-0.1, -0.05) is 12.1 Å². The van der Waals surface area contributed by atoms with Crippen LogP contribution >= 0.6 is 0 Å². The molecule has 1 saturated heterocycles. The number of carbonyl (C=O) groups is 1. The zero-order valence-corrected chi connectivity index (χ0v) is 14.5. The average molecular weight is 336 g/mol. The quantitative estimate of drug-likeness (QED) is 0.802. The molecule has 0 amide bonds. The molecule has 0 saturated carbocycles. The molecule has 0 atom stereocenters. The maximum absolute atomic E-state index is 10.6. The second-order valence-corrected chi connectivity index (χ2v) is 7.15. The third kappa shape index (κ3) is 3.45. The molecule has 1 fully saturated rings. The highest BCUT2D eigenvalue weighted by Gasteiger charge is 2.39. The Balaban J connectivity index is 1.46. The van der Waals surface area contributed by atoms with Crippen molar-refractivity contribution in [1.82, 2.24) is 9.88 Å². The van der Waals surface area contributed by atoms with E-state index in [0.29, 0.717) is 6.42 Å². The molecule has 25 heavy (non-hydrogen) atoms. The first-order chi connectivity index (χ1) is 12.3. The maximum atomic E-state index is 10.6. The van der Waals surface area contributed by atoms with E-state index in [4.69, 9.17) is 4.74 Å². The van der Waals surface area contributed by atoms with E-state index in [2.05, 4.69) is 34.1 Å². The Morgan fingerprint density at radius 1 is 1.16 bits per heavy atom. The molecule has 0 radical (unpaired) electrons. The van der Waals surface area contributed by atoms with Crippen LogP contribution in [0.2, 0.25) is 0 Å². The molecule has 1 aromatic heterocycles. The van der Waals surface area contributed by atoms with Gasteiger partial charge in [-0.05, 0) is 55.0 Å². The molecule has 4 rings (SSSR count). The number of carbonyl (C=O) groups excluding carboxylic acids is 1. The zero-order chi connectivity index (χ0) is 17.1. The van der Waals surface area contributed by atoms with Crippen molar-refractivity contribution in [2.24, 2.45) is 0 Å². The van der Waals surface area contributed by atoms with Gasteiger partial charge in [-0.15, -0.1) is 0 Å². The van der Waals surface area contributed by atoms with Gasteiger partial charge < -0.3 is 14.4 Å². The molecule has 0 bridgehead atoms. The smallest absolute Gasteiger partial charge is 0.123 e. The van der Waals surface area contributed by atoms with Crippen LogP contribution < -0.4 is 4.74 Å². The number of likely N-dealkylation sites (tertiary alicyclic amines) is 1. The van der Waals surface area contributed by atoms with Crippen molar-refractivity contribution in [2.75, 3.05) is 19.6 Å². The lowest BCUT2D eigenvalue weighted by atomic mass is 9.82. The van der Waals surface area contributed by atoms with Crippen LogP contribution in [0.1, 0.15) is 31.2 Å². The summed E-state index contributed by atoms with van der Waals surface area (Å²) >= 11 is 0. The lowest BCUT2D eigenvalue weighted by molar-refractivity contribution is -0.108. The van der Waals surface area contributed by atoms with Crippen molar-refractivity contribution in [3.8, 4) is 16.9 Å². The van der Waals surface area contributed by atoms with Crippen LogP contribution in [-0.4, -0.2) is 41.4 Å². The Morgan fingerprint density at radius 2 is 2.04 bits per heavy atom. The molecule has 1 spiro atoms. The van der Waals surface area contributed by atoms with Gasteiger partial charge in [-0.2, -0.15) is 0 Å². The minimum Gasteiger partial charge on any atom is -0.487 e. The predicted octanol–water partition coefficient (Wildman–Crippen LogP) is 3.50. The lowest BCUT2D eigenvalue weighted by Crippen LogP contribution is -2.49. The largest absolute Gasteiger partial charge is 0.487 e. The highest BCUT2D eigenvalue weighted by molar-refractivity contribution is 5.65. The molecule has 4 heteroatoms. The van der Waals surface area contributed by atoms with Crippen LogP contribution in [0.15, 0.2) is 42.7 Å². The highest BCUT2D eigenvalue weighted by atomic mass is 16.5. The summed E-state index contributed by atoms with van der Waals surface area (Å²) in [6.45, 7) is 2.93. The van der Waals surface area contributed by atoms with Gasteiger partial charge in [0.25, 0.3) is 0 Å². The Bertz CT molecular complexity index is 737. The van der Waals surface area contributed by atoms with E-state index in [0.717, 1.165) is 62.9 Å². The monoisotopic (exact) mass is 336 g/mol. The number of aryl methyl sites for hydroxylation is 1. The summed E-state index contributed by atoms with van der Waals surface area (Å²) in [5.41, 5.74) is 3.64. The number of pyridine rings is 1. The maximum Gasteiger partial charge on any atom is 0.123 e. The minimum absolute atomic E-state index is 0.0134. The summed E-state index contributed by atoms with van der Waals surface area (Å²) in [5, 5.41) is 0. The first kappa shape index (κ1) is 16.3. The van der Waals surface area contributed by atoms with Gasteiger partial charge in [0, 0.05) is 44.0 Å². The van der Waals surface area contributed by atoms with E-state index < -0.39 is 0 Å². The van der Waals surface area contributed by atoms with Crippen molar-refractivity contribution in [1.29, 1.82) is 0 Å². The standard InChI is InChI=1S/C21H24N2O2/c24-14-2-11-23-12-8-21(9-13-23)7-6-18-15-17(4-5-20(18)25-21)19-3-1-10-22-16-19/h1,3-5,10,14-16H,2,6-9,11-13H2. The van der Waals surface area contributed by atoms with Gasteiger partial charge >= 0.3 is 0 Å². The van der Waals surface area contributed by atoms with Gasteiger partial charge in [-0.3, -0.25) is 4.98 Å². The third-order valence-corrected chi connectivity index (χ3v) is 5.56. The lowest BCUT2D eigenvalue weighted by Gasteiger charge is -2.44. The van der Waals surface area contributed by atoms with E-state index in [9.17, 15) is 4.79 Å². The summed E-state index contributed by atoms with van der Waals surface area (Å²) in [5.74, 6) is 1.04. The topological polar surface area (TPSA) is 42.4 Å². The second kappa shape index (κ2) is 6.96. The number of nitrogens with zero attached hydrogens (tertiary/aromatic N) is 2. The van der Waals surface area contributed by atoms with Crippen molar-refractivity contribution < 1.29 is 9.53 Å². The molecule has 0 aliphatic carbocycles. The van der Waals surface area contributed by atoms with E-state index in [1.165, 1.54) is 11.1 Å². The average Bonchev–Trinajstić information content (AvgIpc) is 2.68. The van der Waals surface area contributed by atoms with Crippen LogP contribution in [-0.2, 0) is 11.2 Å². The fraction of sp³-hybridized carbons (Fsp3) is 0.429. The normalized spacial score (nSPS) is 19.2. The number of rotatable bonds is 4. The van der Waals surface area contributed by atoms with E-state index in [-0.39, 0.29) is 5.60 Å². The predicted molar refractivity (Wildman–Crippen MR) is 97.7 cm³/mol. The molecule has 2 aliphatic rings. The number of ether oxygens (including phenoxy) is 1. The van der Waals surface area contributed by atoms with Gasteiger partial charge in [0.05, 0.1) is 0 Å². The van der Waals surface area contributed by atoms with Crippen molar-refractivity contribution in [3.05, 3.63) is 48.3 Å².